The summed E-state index contributed by atoms with van der Waals surface area (Å²) in [4.78, 5) is 38.2. The van der Waals surface area contributed by atoms with Crippen LogP contribution in [0, 0.1) is 25.7 Å². The quantitative estimate of drug-likeness (QED) is 0.683. The zero-order chi connectivity index (χ0) is 17.3. The number of nitrogens with one attached hydrogen (secondary N) is 1. The van der Waals surface area contributed by atoms with Gasteiger partial charge in [0, 0.05) is 18.7 Å². The fourth-order valence-electron chi connectivity index (χ4n) is 3.40. The average Bonchev–Trinajstić information content (AvgIpc) is 2.82. The van der Waals surface area contributed by atoms with Crippen molar-refractivity contribution in [1.82, 2.24) is 4.90 Å². The maximum absolute atomic E-state index is 12.4. The van der Waals surface area contributed by atoms with E-state index in [9.17, 15) is 14.4 Å². The maximum atomic E-state index is 12.4. The molecular formula is C19H22N2O3. The lowest BCUT2D eigenvalue weighted by Crippen LogP contribution is -2.34. The average molecular weight is 326 g/mol. The van der Waals surface area contributed by atoms with Crippen molar-refractivity contribution in [3.63, 3.8) is 0 Å². The number of aryl methyl sites for hydroxylation is 1. The normalized spacial score (nSPS) is 22.7. The van der Waals surface area contributed by atoms with E-state index in [0.717, 1.165) is 16.8 Å². The van der Waals surface area contributed by atoms with Crippen molar-refractivity contribution >= 4 is 23.4 Å². The van der Waals surface area contributed by atoms with E-state index in [1.54, 1.807) is 0 Å². The van der Waals surface area contributed by atoms with Gasteiger partial charge >= 0.3 is 0 Å². The predicted octanol–water partition coefficient (Wildman–Crippen LogP) is 2.58. The minimum atomic E-state index is -0.232. The van der Waals surface area contributed by atoms with Gasteiger partial charge in [0.2, 0.25) is 17.7 Å². The zero-order valence-electron chi connectivity index (χ0n) is 14.0. The van der Waals surface area contributed by atoms with Crippen molar-refractivity contribution in [3.8, 4) is 0 Å². The molecule has 0 aromatic heterocycles. The number of likely N-dealkylation sites (tertiary alicyclic amines) is 1. The van der Waals surface area contributed by atoms with Gasteiger partial charge in [-0.15, -0.1) is 0 Å². The van der Waals surface area contributed by atoms with Gasteiger partial charge in [-0.3, -0.25) is 19.3 Å². The standard InChI is InChI=1S/C19H22N2O3/c1-12-6-5-9-16(13(12)2)20-17(22)10-11-21-18(23)14-7-3-4-8-15(14)19(21)24/h3-6,9,14-15H,7-8,10-11H2,1-2H3,(H,20,22)/t14-,15+. The van der Waals surface area contributed by atoms with Gasteiger partial charge < -0.3 is 5.32 Å². The van der Waals surface area contributed by atoms with Crippen LogP contribution in [-0.2, 0) is 14.4 Å². The van der Waals surface area contributed by atoms with E-state index in [0.29, 0.717) is 12.8 Å². The first-order valence-electron chi connectivity index (χ1n) is 8.35. The molecule has 1 aliphatic carbocycles. The van der Waals surface area contributed by atoms with Crippen molar-refractivity contribution in [2.24, 2.45) is 11.8 Å². The maximum Gasteiger partial charge on any atom is 0.233 e. The highest BCUT2D eigenvalue weighted by Gasteiger charge is 2.46. The molecule has 0 radical (unpaired) electrons. The van der Waals surface area contributed by atoms with Crippen molar-refractivity contribution in [1.29, 1.82) is 0 Å². The number of hydrogen-bond donors (Lipinski definition) is 1. The van der Waals surface area contributed by atoms with Crippen LogP contribution in [0.5, 0.6) is 0 Å². The van der Waals surface area contributed by atoms with Gasteiger partial charge in [0.15, 0.2) is 0 Å². The number of carbonyl (C=O) groups is 3. The van der Waals surface area contributed by atoms with E-state index >= 15 is 0 Å². The van der Waals surface area contributed by atoms with Gasteiger partial charge in [-0.05, 0) is 43.9 Å². The fourth-order valence-corrected chi connectivity index (χ4v) is 3.40. The molecule has 0 spiro atoms. The Labute approximate surface area is 141 Å². The fraction of sp³-hybridized carbons (Fsp3) is 0.421. The van der Waals surface area contributed by atoms with Crippen LogP contribution in [0.4, 0.5) is 5.69 Å². The first kappa shape index (κ1) is 16.4. The Morgan fingerprint density at radius 2 is 1.75 bits per heavy atom. The Morgan fingerprint density at radius 3 is 2.38 bits per heavy atom. The van der Waals surface area contributed by atoms with Crippen molar-refractivity contribution in [3.05, 3.63) is 41.5 Å². The number of imide groups is 1. The number of amides is 3. The van der Waals surface area contributed by atoms with Crippen molar-refractivity contribution < 1.29 is 14.4 Å². The predicted molar refractivity (Wildman–Crippen MR) is 91.2 cm³/mol. The van der Waals surface area contributed by atoms with Crippen LogP contribution in [0.15, 0.2) is 30.4 Å². The number of benzene rings is 1. The van der Waals surface area contributed by atoms with E-state index in [1.807, 2.05) is 44.2 Å². The molecule has 1 saturated heterocycles. The molecule has 1 heterocycles. The van der Waals surface area contributed by atoms with Gasteiger partial charge in [0.05, 0.1) is 11.8 Å². The molecule has 126 valence electrons. The highest BCUT2D eigenvalue weighted by atomic mass is 16.2. The summed E-state index contributed by atoms with van der Waals surface area (Å²) in [6.45, 7) is 4.10. The first-order chi connectivity index (χ1) is 11.5. The van der Waals surface area contributed by atoms with Crippen LogP contribution < -0.4 is 5.32 Å². The molecule has 1 aromatic carbocycles. The topological polar surface area (TPSA) is 66.5 Å². The van der Waals surface area contributed by atoms with Gasteiger partial charge in [-0.1, -0.05) is 24.3 Å². The molecule has 1 aromatic rings. The lowest BCUT2D eigenvalue weighted by Gasteiger charge is -2.15. The summed E-state index contributed by atoms with van der Waals surface area (Å²) >= 11 is 0. The number of anilines is 1. The zero-order valence-corrected chi connectivity index (χ0v) is 14.0. The summed E-state index contributed by atoms with van der Waals surface area (Å²) in [5.41, 5.74) is 2.91. The molecule has 3 amide bonds. The van der Waals surface area contributed by atoms with E-state index in [1.165, 1.54) is 4.90 Å². The van der Waals surface area contributed by atoms with Gasteiger partial charge in [-0.25, -0.2) is 0 Å². The minimum Gasteiger partial charge on any atom is -0.326 e. The van der Waals surface area contributed by atoms with Crippen molar-refractivity contribution in [2.45, 2.75) is 33.1 Å². The Bertz CT molecular complexity index is 697. The Morgan fingerprint density at radius 1 is 1.12 bits per heavy atom. The molecule has 1 N–H and O–H groups in total. The van der Waals surface area contributed by atoms with Gasteiger partial charge in [-0.2, -0.15) is 0 Å². The molecule has 1 aliphatic heterocycles. The molecule has 2 aliphatic rings. The highest BCUT2D eigenvalue weighted by molar-refractivity contribution is 6.05. The smallest absolute Gasteiger partial charge is 0.233 e. The third kappa shape index (κ3) is 2.98. The van der Waals surface area contributed by atoms with Crippen LogP contribution >= 0.6 is 0 Å². The number of allylic oxidation sites excluding steroid dienone is 2. The van der Waals surface area contributed by atoms with Crippen LogP contribution in [0.2, 0.25) is 0 Å². The number of carbonyl (C=O) groups excluding carboxylic acids is 3. The Hall–Kier alpha value is -2.43. The van der Waals surface area contributed by atoms with Crippen LogP contribution in [0.3, 0.4) is 0 Å². The molecule has 3 rings (SSSR count). The van der Waals surface area contributed by atoms with Crippen molar-refractivity contribution in [2.75, 3.05) is 11.9 Å². The molecule has 0 unspecified atom stereocenters. The molecule has 0 bridgehead atoms. The summed E-state index contributed by atoms with van der Waals surface area (Å²) in [7, 11) is 0. The minimum absolute atomic E-state index is 0.123. The third-order valence-corrected chi connectivity index (χ3v) is 5.04. The molecular weight excluding hydrogens is 304 g/mol. The van der Waals surface area contributed by atoms with Gasteiger partial charge in [0.1, 0.15) is 0 Å². The molecule has 0 saturated carbocycles. The lowest BCUT2D eigenvalue weighted by molar-refractivity contribution is -0.140. The lowest BCUT2D eigenvalue weighted by atomic mass is 9.85. The monoisotopic (exact) mass is 326 g/mol. The number of hydrogen-bond acceptors (Lipinski definition) is 3. The molecule has 2 atom stereocenters. The second kappa shape index (κ2) is 6.59. The third-order valence-electron chi connectivity index (χ3n) is 5.04. The summed E-state index contributed by atoms with van der Waals surface area (Å²) in [5.74, 6) is -0.908. The molecule has 1 fully saturated rings. The second-order valence-corrected chi connectivity index (χ2v) is 6.53. The van der Waals surface area contributed by atoms with Gasteiger partial charge in [0.25, 0.3) is 0 Å². The first-order valence-corrected chi connectivity index (χ1v) is 8.35. The van der Waals surface area contributed by atoms with Crippen LogP contribution in [-0.4, -0.2) is 29.2 Å². The Kier molecular flexibility index (Phi) is 4.51. The van der Waals surface area contributed by atoms with E-state index in [-0.39, 0.29) is 42.5 Å². The summed E-state index contributed by atoms with van der Waals surface area (Å²) in [5, 5.41) is 2.87. The number of fused-ring (bicyclic) bond motifs is 1. The van der Waals surface area contributed by atoms with E-state index in [4.69, 9.17) is 0 Å². The summed E-state index contributed by atoms with van der Waals surface area (Å²) in [6.07, 6.45) is 5.30. The number of nitrogens with zero attached hydrogens (tertiary/aromatic N) is 1. The van der Waals surface area contributed by atoms with Crippen LogP contribution in [0.25, 0.3) is 0 Å². The van der Waals surface area contributed by atoms with E-state index in [2.05, 4.69) is 5.32 Å². The van der Waals surface area contributed by atoms with E-state index < -0.39 is 0 Å². The second-order valence-electron chi connectivity index (χ2n) is 6.53. The summed E-state index contributed by atoms with van der Waals surface area (Å²) < 4.78 is 0. The highest BCUT2D eigenvalue weighted by Crippen LogP contribution is 2.35. The van der Waals surface area contributed by atoms with Crippen LogP contribution in [0.1, 0.15) is 30.4 Å². The largest absolute Gasteiger partial charge is 0.326 e. The molecule has 5 heteroatoms. The Balaban J connectivity index is 1.59. The SMILES string of the molecule is Cc1cccc(NC(=O)CCN2C(=O)[C@H]3CC=CC[C@H]3C2=O)c1C. The number of rotatable bonds is 4. The summed E-state index contributed by atoms with van der Waals surface area (Å²) in [6, 6.07) is 5.73. The molecule has 24 heavy (non-hydrogen) atoms. The molecule has 5 nitrogen and oxygen atoms in total.